The van der Waals surface area contributed by atoms with Crippen molar-refractivity contribution >= 4 is 12.4 Å². The van der Waals surface area contributed by atoms with Crippen molar-refractivity contribution in [3.05, 3.63) is 17.7 Å². The lowest BCUT2D eigenvalue weighted by Crippen LogP contribution is -2.26. The number of phenols is 3. The molecule has 2 rings (SSSR count). The van der Waals surface area contributed by atoms with Crippen LogP contribution in [0.15, 0.2) is 12.1 Å². The molecule has 1 atom stereocenters. The third kappa shape index (κ3) is 2.18. The van der Waals surface area contributed by atoms with Crippen molar-refractivity contribution in [1.82, 2.24) is 0 Å². The van der Waals surface area contributed by atoms with E-state index in [0.29, 0.717) is 11.5 Å². The maximum absolute atomic E-state index is 9.61. The predicted octanol–water partition coefficient (Wildman–Crippen LogP) is 2.03. The fraction of sp³-hybridized carbons (Fsp3) is 0.455. The first-order valence-corrected chi connectivity index (χ1v) is 5.10. The number of nitrogens with two attached hydrogens (primary N) is 1. The third-order valence-electron chi connectivity index (χ3n) is 3.11. The molecule has 1 aromatic carbocycles. The molecule has 1 aromatic rings. The summed E-state index contributed by atoms with van der Waals surface area (Å²) in [5, 5.41) is 28.4. The molecule has 16 heavy (non-hydrogen) atoms. The van der Waals surface area contributed by atoms with Crippen molar-refractivity contribution < 1.29 is 15.3 Å². The molecular formula is C11H16ClNO3. The van der Waals surface area contributed by atoms with Gasteiger partial charge in [0, 0.05) is 18.2 Å². The average molecular weight is 246 g/mol. The van der Waals surface area contributed by atoms with Gasteiger partial charge in [-0.2, -0.15) is 0 Å². The molecule has 90 valence electrons. The van der Waals surface area contributed by atoms with Gasteiger partial charge in [-0.25, -0.2) is 0 Å². The summed E-state index contributed by atoms with van der Waals surface area (Å²) in [6, 6.07) is 2.06. The zero-order chi connectivity index (χ0) is 11.0. The Labute approximate surface area is 100 Å². The predicted molar refractivity (Wildman–Crippen MR) is 63.0 cm³/mol. The van der Waals surface area contributed by atoms with E-state index in [0.717, 1.165) is 19.3 Å². The Kier molecular flexibility index (Phi) is 3.88. The summed E-state index contributed by atoms with van der Waals surface area (Å²) in [5.41, 5.74) is 6.30. The van der Waals surface area contributed by atoms with Crippen LogP contribution >= 0.6 is 12.4 Å². The standard InChI is InChI=1S/C11H15NO3.ClH/c12-11(6-2-1-3-6)10-8(14)4-7(13)5-9(10)15;/h4-6,11,13-15H,1-3,12H2;1H/t11-;/m1./s1. The van der Waals surface area contributed by atoms with Crippen LogP contribution in [0.4, 0.5) is 0 Å². The summed E-state index contributed by atoms with van der Waals surface area (Å²) in [5.74, 6) is -0.0975. The van der Waals surface area contributed by atoms with Gasteiger partial charge >= 0.3 is 0 Å². The highest BCUT2D eigenvalue weighted by molar-refractivity contribution is 5.85. The topological polar surface area (TPSA) is 86.7 Å². The van der Waals surface area contributed by atoms with Crippen molar-refractivity contribution in [3.63, 3.8) is 0 Å². The molecule has 0 unspecified atom stereocenters. The summed E-state index contributed by atoms with van der Waals surface area (Å²) in [7, 11) is 0. The van der Waals surface area contributed by atoms with Crippen LogP contribution < -0.4 is 5.73 Å². The van der Waals surface area contributed by atoms with Gasteiger partial charge in [-0.1, -0.05) is 6.42 Å². The van der Waals surface area contributed by atoms with Gasteiger partial charge in [0.15, 0.2) is 0 Å². The Morgan fingerprint density at radius 1 is 1.12 bits per heavy atom. The molecule has 0 spiro atoms. The highest BCUT2D eigenvalue weighted by atomic mass is 35.5. The molecule has 0 radical (unpaired) electrons. The van der Waals surface area contributed by atoms with E-state index in [9.17, 15) is 10.2 Å². The zero-order valence-corrected chi connectivity index (χ0v) is 9.57. The Morgan fingerprint density at radius 3 is 2.00 bits per heavy atom. The Bertz CT molecular complexity index is 356. The number of rotatable bonds is 2. The van der Waals surface area contributed by atoms with E-state index in [4.69, 9.17) is 10.8 Å². The van der Waals surface area contributed by atoms with Crippen molar-refractivity contribution in [1.29, 1.82) is 0 Å². The Morgan fingerprint density at radius 2 is 1.62 bits per heavy atom. The summed E-state index contributed by atoms with van der Waals surface area (Å²) < 4.78 is 0. The smallest absolute Gasteiger partial charge is 0.127 e. The van der Waals surface area contributed by atoms with E-state index in [1.807, 2.05) is 0 Å². The van der Waals surface area contributed by atoms with Crippen LogP contribution in [0.2, 0.25) is 0 Å². The first-order valence-electron chi connectivity index (χ1n) is 5.10. The van der Waals surface area contributed by atoms with E-state index in [-0.39, 0.29) is 35.7 Å². The van der Waals surface area contributed by atoms with Crippen LogP contribution in [0.25, 0.3) is 0 Å². The lowest BCUT2D eigenvalue weighted by Gasteiger charge is -2.32. The molecule has 1 saturated carbocycles. The first-order chi connectivity index (χ1) is 7.09. The second-order valence-corrected chi connectivity index (χ2v) is 4.11. The van der Waals surface area contributed by atoms with Gasteiger partial charge in [-0.05, 0) is 18.8 Å². The van der Waals surface area contributed by atoms with Gasteiger partial charge in [-0.15, -0.1) is 12.4 Å². The monoisotopic (exact) mass is 245 g/mol. The quantitative estimate of drug-likeness (QED) is 0.642. The van der Waals surface area contributed by atoms with Crippen LogP contribution in [0.1, 0.15) is 30.9 Å². The van der Waals surface area contributed by atoms with E-state index in [1.165, 1.54) is 12.1 Å². The second kappa shape index (κ2) is 4.80. The molecular weight excluding hydrogens is 230 g/mol. The van der Waals surface area contributed by atoms with Crippen molar-refractivity contribution in [2.75, 3.05) is 0 Å². The van der Waals surface area contributed by atoms with Gasteiger partial charge in [0.2, 0.25) is 0 Å². The second-order valence-electron chi connectivity index (χ2n) is 4.11. The van der Waals surface area contributed by atoms with Crippen LogP contribution in [-0.2, 0) is 0 Å². The fourth-order valence-electron chi connectivity index (χ4n) is 1.98. The van der Waals surface area contributed by atoms with Crippen molar-refractivity contribution in [2.24, 2.45) is 11.7 Å². The number of benzene rings is 1. The number of phenolic OH excluding ortho intramolecular Hbond substituents is 3. The largest absolute Gasteiger partial charge is 0.508 e. The number of hydrogen-bond acceptors (Lipinski definition) is 4. The highest BCUT2D eigenvalue weighted by Gasteiger charge is 2.29. The summed E-state index contributed by atoms with van der Waals surface area (Å²) >= 11 is 0. The number of halogens is 1. The molecule has 0 aliphatic heterocycles. The lowest BCUT2D eigenvalue weighted by molar-refractivity contribution is 0.255. The molecule has 0 aromatic heterocycles. The summed E-state index contributed by atoms with van der Waals surface area (Å²) in [6.07, 6.45) is 3.21. The molecule has 0 heterocycles. The maximum Gasteiger partial charge on any atom is 0.127 e. The van der Waals surface area contributed by atoms with Gasteiger partial charge in [0.25, 0.3) is 0 Å². The SMILES string of the molecule is Cl.N[C@@H](c1c(O)cc(O)cc1O)C1CCC1. The van der Waals surface area contributed by atoms with Crippen LogP contribution in [0.3, 0.4) is 0 Å². The molecule has 4 nitrogen and oxygen atoms in total. The normalized spacial score (nSPS) is 17.3. The molecule has 5 N–H and O–H groups in total. The van der Waals surface area contributed by atoms with Crippen LogP contribution in [0.5, 0.6) is 17.2 Å². The Balaban J connectivity index is 0.00000128. The highest BCUT2D eigenvalue weighted by Crippen LogP contribution is 2.43. The molecule has 1 aliphatic carbocycles. The van der Waals surface area contributed by atoms with Gasteiger partial charge in [0.1, 0.15) is 17.2 Å². The average Bonchev–Trinajstić information content (AvgIpc) is 1.97. The molecule has 5 heteroatoms. The minimum atomic E-state index is -0.348. The summed E-state index contributed by atoms with van der Waals surface area (Å²) in [4.78, 5) is 0. The van der Waals surface area contributed by atoms with Gasteiger partial charge in [-0.3, -0.25) is 0 Å². The number of hydrogen-bond donors (Lipinski definition) is 4. The van der Waals surface area contributed by atoms with Crippen molar-refractivity contribution in [3.8, 4) is 17.2 Å². The molecule has 1 aliphatic rings. The van der Waals surface area contributed by atoms with E-state index < -0.39 is 0 Å². The molecule has 0 saturated heterocycles. The van der Waals surface area contributed by atoms with Gasteiger partial charge in [0.05, 0.1) is 5.56 Å². The Hall–Kier alpha value is -1.13. The van der Waals surface area contributed by atoms with Crippen LogP contribution in [-0.4, -0.2) is 15.3 Å². The summed E-state index contributed by atoms with van der Waals surface area (Å²) in [6.45, 7) is 0. The maximum atomic E-state index is 9.61. The molecule has 0 amide bonds. The van der Waals surface area contributed by atoms with Crippen LogP contribution in [0, 0.1) is 5.92 Å². The first kappa shape index (κ1) is 12.9. The van der Waals surface area contributed by atoms with Gasteiger partial charge < -0.3 is 21.1 Å². The number of aromatic hydroxyl groups is 3. The molecule has 1 fully saturated rings. The van der Waals surface area contributed by atoms with E-state index in [2.05, 4.69) is 0 Å². The fourth-order valence-corrected chi connectivity index (χ4v) is 1.98. The third-order valence-corrected chi connectivity index (χ3v) is 3.11. The van der Waals surface area contributed by atoms with E-state index >= 15 is 0 Å². The molecule has 0 bridgehead atoms. The zero-order valence-electron chi connectivity index (χ0n) is 8.76. The minimum absolute atomic E-state index is 0. The van der Waals surface area contributed by atoms with E-state index in [1.54, 1.807) is 0 Å². The lowest BCUT2D eigenvalue weighted by atomic mass is 9.77. The minimum Gasteiger partial charge on any atom is -0.508 e. The van der Waals surface area contributed by atoms with Crippen molar-refractivity contribution in [2.45, 2.75) is 25.3 Å².